The van der Waals surface area contributed by atoms with E-state index in [1.165, 1.54) is 18.2 Å². The molecule has 0 amide bonds. The van der Waals surface area contributed by atoms with Crippen molar-refractivity contribution in [3.63, 3.8) is 0 Å². The predicted molar refractivity (Wildman–Crippen MR) is 129 cm³/mol. The second kappa shape index (κ2) is 11.9. The number of hydrogen-bond acceptors (Lipinski definition) is 6. The Morgan fingerprint density at radius 3 is 2.37 bits per heavy atom. The van der Waals surface area contributed by atoms with Gasteiger partial charge < -0.3 is 15.0 Å². The highest BCUT2D eigenvalue weighted by molar-refractivity contribution is 5.81. The van der Waals surface area contributed by atoms with E-state index in [-0.39, 0.29) is 42.3 Å². The lowest BCUT2D eigenvalue weighted by Crippen LogP contribution is -2.39. The molecule has 0 aliphatic carbocycles. The van der Waals surface area contributed by atoms with E-state index in [0.717, 1.165) is 12.1 Å². The molecule has 4 rings (SSSR count). The summed E-state index contributed by atoms with van der Waals surface area (Å²) >= 11 is 0. The van der Waals surface area contributed by atoms with E-state index in [1.807, 2.05) is 0 Å². The fourth-order valence-electron chi connectivity index (χ4n) is 4.83. The van der Waals surface area contributed by atoms with Crippen molar-refractivity contribution in [2.45, 2.75) is 63.3 Å². The fourth-order valence-corrected chi connectivity index (χ4v) is 4.83. The normalized spacial score (nSPS) is 19.4. The van der Waals surface area contributed by atoms with Gasteiger partial charge in [0.15, 0.2) is 0 Å². The Morgan fingerprint density at radius 1 is 1.00 bits per heavy atom. The molecule has 1 N–H and O–H groups in total. The molecule has 0 saturated carbocycles. The topological polar surface area (TPSA) is 67.4 Å². The smallest absolute Gasteiger partial charge is 0.381 e. The molecule has 2 aliphatic rings. The molecule has 0 radical (unpaired) electrons. The zero-order chi connectivity index (χ0) is 27.3. The molecule has 12 heteroatoms. The van der Waals surface area contributed by atoms with Crippen LogP contribution in [0.5, 0.6) is 0 Å². The van der Waals surface area contributed by atoms with E-state index in [2.05, 4.69) is 15.3 Å². The van der Waals surface area contributed by atoms with Gasteiger partial charge in [0.25, 0.3) is 0 Å². The molecular formula is C26H30F6N4O2. The van der Waals surface area contributed by atoms with E-state index in [9.17, 15) is 31.1 Å². The number of nitrogens with one attached hydrogen (secondary N) is 1. The number of piperidine rings is 1. The van der Waals surface area contributed by atoms with E-state index < -0.39 is 23.7 Å². The summed E-state index contributed by atoms with van der Waals surface area (Å²) in [6.45, 7) is 1.78. The third-order valence-electron chi connectivity index (χ3n) is 6.91. The molecule has 208 valence electrons. The van der Waals surface area contributed by atoms with Crippen LogP contribution in [-0.4, -0.2) is 48.1 Å². The lowest BCUT2D eigenvalue weighted by Gasteiger charge is -2.33. The first-order chi connectivity index (χ1) is 18.0. The lowest BCUT2D eigenvalue weighted by atomic mass is 9.90. The number of alkyl halides is 6. The summed E-state index contributed by atoms with van der Waals surface area (Å²) in [6, 6.07) is 6.33. The van der Waals surface area contributed by atoms with Crippen LogP contribution in [0.25, 0.3) is 0 Å². The van der Waals surface area contributed by atoms with Crippen molar-refractivity contribution in [2.24, 2.45) is 5.92 Å². The summed E-state index contributed by atoms with van der Waals surface area (Å²) in [6.07, 6.45) is -5.36. The number of Topliss-reactive ketones (excluding diaryl/α,β-unsaturated/α-hetero) is 1. The second-order valence-corrected chi connectivity index (χ2v) is 9.76. The van der Waals surface area contributed by atoms with Gasteiger partial charge in [-0.05, 0) is 56.2 Å². The Kier molecular flexibility index (Phi) is 8.79. The zero-order valence-electron chi connectivity index (χ0n) is 20.7. The Labute approximate surface area is 216 Å². The maximum atomic E-state index is 13.6. The van der Waals surface area contributed by atoms with Crippen LogP contribution in [0.3, 0.4) is 0 Å². The third-order valence-corrected chi connectivity index (χ3v) is 6.91. The quantitative estimate of drug-likeness (QED) is 0.417. The Bertz CT molecular complexity index is 1080. The first-order valence-corrected chi connectivity index (χ1v) is 12.7. The number of benzene rings is 1. The van der Waals surface area contributed by atoms with Crippen LogP contribution in [0, 0.1) is 5.92 Å². The molecule has 6 nitrogen and oxygen atoms in total. The van der Waals surface area contributed by atoms with Crippen molar-refractivity contribution in [1.29, 1.82) is 0 Å². The van der Waals surface area contributed by atoms with Crippen LogP contribution in [0.2, 0.25) is 0 Å². The first-order valence-electron chi connectivity index (χ1n) is 12.7. The monoisotopic (exact) mass is 544 g/mol. The SMILES string of the molecule is O=C(CCCc1ccc(C(F)(F)F)cc1)[C@@H]1CCCN(c2cc(NC3CCOCC3)nc(C(F)(F)F)n2)C1. The van der Waals surface area contributed by atoms with Crippen molar-refractivity contribution < 1.29 is 35.9 Å². The maximum absolute atomic E-state index is 13.6. The maximum Gasteiger partial charge on any atom is 0.451 e. The number of ether oxygens (including phenoxy) is 1. The van der Waals surface area contributed by atoms with Gasteiger partial charge in [-0.15, -0.1) is 0 Å². The zero-order valence-corrected chi connectivity index (χ0v) is 20.7. The number of hydrogen-bond donors (Lipinski definition) is 1. The summed E-state index contributed by atoms with van der Waals surface area (Å²) in [7, 11) is 0. The lowest BCUT2D eigenvalue weighted by molar-refractivity contribution is -0.144. The highest BCUT2D eigenvalue weighted by Crippen LogP contribution is 2.32. The summed E-state index contributed by atoms with van der Waals surface area (Å²) in [4.78, 5) is 22.1. The summed E-state index contributed by atoms with van der Waals surface area (Å²) in [5.41, 5.74) is -0.00886. The van der Waals surface area contributed by atoms with E-state index in [0.29, 0.717) is 63.8 Å². The standard InChI is InChI=1S/C26H30F6N4O2/c27-25(28,29)19-8-6-17(7-9-19)3-1-5-21(37)18-4-2-12-36(16-18)23-15-22(33-20-10-13-38-14-11-20)34-24(35-23)26(30,31)32/h6-9,15,18,20H,1-5,10-14,16H2,(H,33,34,35)/t18-/m1/s1. The largest absolute Gasteiger partial charge is 0.451 e. The highest BCUT2D eigenvalue weighted by Gasteiger charge is 2.37. The third kappa shape index (κ3) is 7.58. The van der Waals surface area contributed by atoms with Gasteiger partial charge in [0.1, 0.15) is 17.4 Å². The number of aromatic nitrogens is 2. The molecule has 0 spiro atoms. The minimum Gasteiger partial charge on any atom is -0.381 e. The number of carbonyl (C=O) groups excluding carboxylic acids is 1. The van der Waals surface area contributed by atoms with E-state index in [1.54, 1.807) is 4.90 Å². The van der Waals surface area contributed by atoms with Crippen molar-refractivity contribution >= 4 is 17.4 Å². The Balaban J connectivity index is 1.37. The van der Waals surface area contributed by atoms with Gasteiger partial charge in [0.2, 0.25) is 5.82 Å². The Morgan fingerprint density at radius 2 is 1.71 bits per heavy atom. The first kappa shape index (κ1) is 28.1. The minimum atomic E-state index is -4.72. The van der Waals surface area contributed by atoms with Gasteiger partial charge >= 0.3 is 12.4 Å². The minimum absolute atomic E-state index is 0.00716. The van der Waals surface area contributed by atoms with Gasteiger partial charge in [-0.3, -0.25) is 4.79 Å². The average Bonchev–Trinajstić information content (AvgIpc) is 2.88. The van der Waals surface area contributed by atoms with Gasteiger partial charge in [0, 0.05) is 50.8 Å². The molecule has 2 aliphatic heterocycles. The molecule has 1 aromatic carbocycles. The molecule has 38 heavy (non-hydrogen) atoms. The molecule has 0 bridgehead atoms. The molecule has 1 atom stereocenters. The van der Waals surface area contributed by atoms with Crippen molar-refractivity contribution in [1.82, 2.24) is 9.97 Å². The van der Waals surface area contributed by atoms with Crippen LogP contribution < -0.4 is 10.2 Å². The van der Waals surface area contributed by atoms with Crippen LogP contribution in [0.4, 0.5) is 38.0 Å². The van der Waals surface area contributed by atoms with Gasteiger partial charge in [-0.25, -0.2) is 9.97 Å². The number of rotatable bonds is 8. The van der Waals surface area contributed by atoms with Crippen LogP contribution >= 0.6 is 0 Å². The molecule has 2 fully saturated rings. The van der Waals surface area contributed by atoms with Crippen molar-refractivity contribution in [3.8, 4) is 0 Å². The van der Waals surface area contributed by atoms with Crippen molar-refractivity contribution in [2.75, 3.05) is 36.5 Å². The number of anilines is 2. The van der Waals surface area contributed by atoms with E-state index in [4.69, 9.17) is 4.74 Å². The van der Waals surface area contributed by atoms with Crippen LogP contribution in [0.15, 0.2) is 30.3 Å². The molecular weight excluding hydrogens is 514 g/mol. The summed E-state index contributed by atoms with van der Waals surface area (Å²) in [5, 5.41) is 3.07. The summed E-state index contributed by atoms with van der Waals surface area (Å²) < 4.78 is 84.2. The number of halogens is 6. The van der Waals surface area contributed by atoms with Crippen LogP contribution in [-0.2, 0) is 28.3 Å². The molecule has 2 aromatic rings. The molecule has 0 unspecified atom stereocenters. The average molecular weight is 545 g/mol. The molecule has 1 aromatic heterocycles. The highest BCUT2D eigenvalue weighted by atomic mass is 19.4. The molecule has 3 heterocycles. The number of ketones is 1. The number of carbonyl (C=O) groups is 1. The van der Waals surface area contributed by atoms with Crippen molar-refractivity contribution in [3.05, 3.63) is 47.3 Å². The molecule has 2 saturated heterocycles. The number of aryl methyl sites for hydroxylation is 1. The predicted octanol–water partition coefficient (Wildman–Crippen LogP) is 5.91. The fraction of sp³-hybridized carbons (Fsp3) is 0.577. The number of nitrogens with zero attached hydrogens (tertiary/aromatic N) is 3. The van der Waals surface area contributed by atoms with Gasteiger partial charge in [-0.1, -0.05) is 12.1 Å². The Hall–Kier alpha value is -2.89. The summed E-state index contributed by atoms with van der Waals surface area (Å²) in [5.74, 6) is -1.36. The van der Waals surface area contributed by atoms with Gasteiger partial charge in [-0.2, -0.15) is 26.3 Å². The second-order valence-electron chi connectivity index (χ2n) is 9.76. The van der Waals surface area contributed by atoms with E-state index >= 15 is 0 Å². The van der Waals surface area contributed by atoms with Gasteiger partial charge in [0.05, 0.1) is 5.56 Å². The van der Waals surface area contributed by atoms with Crippen LogP contribution in [0.1, 0.15) is 55.5 Å².